The van der Waals surface area contributed by atoms with Crippen molar-refractivity contribution in [3.63, 3.8) is 0 Å². The predicted octanol–water partition coefficient (Wildman–Crippen LogP) is 1.26. The van der Waals surface area contributed by atoms with E-state index in [1.54, 1.807) is 24.3 Å². The second kappa shape index (κ2) is 4.98. The van der Waals surface area contributed by atoms with Crippen LogP contribution in [0.3, 0.4) is 0 Å². The number of nitrogens with two attached hydrogens (primary N) is 1. The van der Waals surface area contributed by atoms with Gasteiger partial charge in [-0.3, -0.25) is 4.79 Å². The van der Waals surface area contributed by atoms with Gasteiger partial charge in [-0.25, -0.2) is 0 Å². The Morgan fingerprint density at radius 2 is 2.33 bits per heavy atom. The van der Waals surface area contributed by atoms with E-state index in [2.05, 4.69) is 0 Å². The van der Waals surface area contributed by atoms with E-state index in [1.165, 1.54) is 0 Å². The number of carbonyl (C=O) groups excluding carboxylic acids is 1. The highest BCUT2D eigenvalue weighted by atomic mass is 16.3. The second-order valence-electron chi connectivity index (χ2n) is 3.77. The van der Waals surface area contributed by atoms with E-state index < -0.39 is 0 Å². The minimum atomic E-state index is -0.0297. The van der Waals surface area contributed by atoms with Crippen molar-refractivity contribution in [2.45, 2.75) is 26.3 Å². The highest BCUT2D eigenvalue weighted by Crippen LogP contribution is 2.13. The standard InChI is InChI=1S/C11H18N2O2/c1-4-10-9(5-6-15-10)11(14)13(3)7-8(2)12/h5-6,8H,4,7,12H2,1-3H3. The fourth-order valence-electron chi connectivity index (χ4n) is 1.53. The van der Waals surface area contributed by atoms with Crippen molar-refractivity contribution >= 4 is 5.91 Å². The largest absolute Gasteiger partial charge is 0.469 e. The summed E-state index contributed by atoms with van der Waals surface area (Å²) in [6.45, 7) is 4.38. The number of likely N-dealkylation sites (N-methyl/N-ethyl adjacent to an activating group) is 1. The molecule has 0 aromatic carbocycles. The number of amides is 1. The zero-order valence-electron chi connectivity index (χ0n) is 9.49. The van der Waals surface area contributed by atoms with Gasteiger partial charge in [-0.2, -0.15) is 0 Å². The van der Waals surface area contributed by atoms with Crippen LogP contribution in [0.1, 0.15) is 30.0 Å². The highest BCUT2D eigenvalue weighted by molar-refractivity contribution is 5.95. The van der Waals surface area contributed by atoms with Gasteiger partial charge in [0.2, 0.25) is 0 Å². The molecule has 0 radical (unpaired) electrons. The lowest BCUT2D eigenvalue weighted by Gasteiger charge is -2.18. The smallest absolute Gasteiger partial charge is 0.257 e. The number of furan rings is 1. The fraction of sp³-hybridized carbons (Fsp3) is 0.545. The van der Waals surface area contributed by atoms with Crippen molar-refractivity contribution in [1.29, 1.82) is 0 Å². The average Bonchev–Trinajstić information content (AvgIpc) is 2.62. The first-order chi connectivity index (χ1) is 7.06. The molecule has 0 bridgehead atoms. The van der Waals surface area contributed by atoms with Crippen LogP contribution >= 0.6 is 0 Å². The van der Waals surface area contributed by atoms with Crippen molar-refractivity contribution in [3.05, 3.63) is 23.7 Å². The van der Waals surface area contributed by atoms with Gasteiger partial charge in [0.25, 0.3) is 5.91 Å². The maximum atomic E-state index is 11.9. The molecule has 1 atom stereocenters. The van der Waals surface area contributed by atoms with Gasteiger partial charge < -0.3 is 15.1 Å². The monoisotopic (exact) mass is 210 g/mol. The molecule has 1 aromatic rings. The molecule has 84 valence electrons. The molecule has 4 heteroatoms. The molecule has 0 aliphatic carbocycles. The maximum absolute atomic E-state index is 11.9. The van der Waals surface area contributed by atoms with E-state index in [-0.39, 0.29) is 11.9 Å². The Morgan fingerprint density at radius 3 is 2.87 bits per heavy atom. The van der Waals surface area contributed by atoms with Crippen molar-refractivity contribution in [1.82, 2.24) is 4.90 Å². The molecule has 0 spiro atoms. The third-order valence-electron chi connectivity index (χ3n) is 2.21. The Labute approximate surface area is 90.0 Å². The summed E-state index contributed by atoms with van der Waals surface area (Å²) in [6.07, 6.45) is 2.27. The lowest BCUT2D eigenvalue weighted by molar-refractivity contribution is 0.0786. The van der Waals surface area contributed by atoms with Crippen LogP contribution in [0.4, 0.5) is 0 Å². The van der Waals surface area contributed by atoms with Crippen molar-refractivity contribution < 1.29 is 9.21 Å². The molecular weight excluding hydrogens is 192 g/mol. The van der Waals surface area contributed by atoms with Gasteiger partial charge in [0.15, 0.2) is 0 Å². The second-order valence-corrected chi connectivity index (χ2v) is 3.77. The zero-order valence-corrected chi connectivity index (χ0v) is 9.49. The molecule has 0 aliphatic heterocycles. The molecule has 1 rings (SSSR count). The molecule has 1 aromatic heterocycles. The first-order valence-corrected chi connectivity index (χ1v) is 5.13. The summed E-state index contributed by atoms with van der Waals surface area (Å²) in [5.74, 6) is 0.703. The number of aryl methyl sites for hydroxylation is 1. The van der Waals surface area contributed by atoms with Crippen LogP contribution in [0.5, 0.6) is 0 Å². The van der Waals surface area contributed by atoms with E-state index in [1.807, 2.05) is 13.8 Å². The Hall–Kier alpha value is -1.29. The van der Waals surface area contributed by atoms with Gasteiger partial charge in [0.05, 0.1) is 11.8 Å². The molecule has 1 heterocycles. The molecule has 0 aliphatic rings. The Bertz CT molecular complexity index is 331. The summed E-state index contributed by atoms with van der Waals surface area (Å²) < 4.78 is 5.21. The van der Waals surface area contributed by atoms with Crippen LogP contribution in [-0.4, -0.2) is 30.4 Å². The van der Waals surface area contributed by atoms with E-state index in [9.17, 15) is 4.79 Å². The topological polar surface area (TPSA) is 59.5 Å². The number of rotatable bonds is 4. The van der Waals surface area contributed by atoms with Crippen LogP contribution in [0.25, 0.3) is 0 Å². The third kappa shape index (κ3) is 2.83. The van der Waals surface area contributed by atoms with E-state index in [4.69, 9.17) is 10.2 Å². The lowest BCUT2D eigenvalue weighted by atomic mass is 10.2. The first-order valence-electron chi connectivity index (χ1n) is 5.13. The van der Waals surface area contributed by atoms with E-state index in [0.717, 1.165) is 12.2 Å². The summed E-state index contributed by atoms with van der Waals surface area (Å²) in [5.41, 5.74) is 6.28. The van der Waals surface area contributed by atoms with Crippen LogP contribution in [0.2, 0.25) is 0 Å². The molecule has 4 nitrogen and oxygen atoms in total. The Balaban J connectivity index is 2.76. The van der Waals surface area contributed by atoms with Gasteiger partial charge in [-0.05, 0) is 13.0 Å². The zero-order chi connectivity index (χ0) is 11.4. The summed E-state index contributed by atoms with van der Waals surface area (Å²) in [4.78, 5) is 13.6. The summed E-state index contributed by atoms with van der Waals surface area (Å²) in [6, 6.07) is 1.69. The quantitative estimate of drug-likeness (QED) is 0.814. The summed E-state index contributed by atoms with van der Waals surface area (Å²) in [5, 5.41) is 0. The molecule has 0 fully saturated rings. The number of nitrogens with zero attached hydrogens (tertiary/aromatic N) is 1. The third-order valence-corrected chi connectivity index (χ3v) is 2.21. The molecular formula is C11H18N2O2. The molecule has 15 heavy (non-hydrogen) atoms. The molecule has 0 saturated carbocycles. The van der Waals surface area contributed by atoms with Crippen LogP contribution in [0, 0.1) is 0 Å². The molecule has 0 saturated heterocycles. The van der Waals surface area contributed by atoms with E-state index in [0.29, 0.717) is 12.1 Å². The number of carbonyl (C=O) groups is 1. The van der Waals surface area contributed by atoms with Crippen molar-refractivity contribution in [2.24, 2.45) is 5.73 Å². The van der Waals surface area contributed by atoms with Crippen molar-refractivity contribution in [3.8, 4) is 0 Å². The summed E-state index contributed by atoms with van der Waals surface area (Å²) in [7, 11) is 1.75. The molecule has 1 amide bonds. The lowest BCUT2D eigenvalue weighted by Crippen LogP contribution is -2.37. The maximum Gasteiger partial charge on any atom is 0.257 e. The summed E-state index contributed by atoms with van der Waals surface area (Å²) >= 11 is 0. The Morgan fingerprint density at radius 1 is 1.67 bits per heavy atom. The minimum Gasteiger partial charge on any atom is -0.469 e. The molecule has 1 unspecified atom stereocenters. The highest BCUT2D eigenvalue weighted by Gasteiger charge is 2.17. The fourth-order valence-corrected chi connectivity index (χ4v) is 1.53. The van der Waals surface area contributed by atoms with Crippen LogP contribution in [0.15, 0.2) is 16.7 Å². The van der Waals surface area contributed by atoms with E-state index >= 15 is 0 Å². The normalized spacial score (nSPS) is 12.5. The minimum absolute atomic E-state index is 0.0177. The number of hydrogen-bond acceptors (Lipinski definition) is 3. The van der Waals surface area contributed by atoms with Crippen LogP contribution < -0.4 is 5.73 Å². The molecule has 2 N–H and O–H groups in total. The van der Waals surface area contributed by atoms with Gasteiger partial charge >= 0.3 is 0 Å². The first kappa shape index (κ1) is 11.8. The van der Waals surface area contributed by atoms with Gasteiger partial charge in [-0.15, -0.1) is 0 Å². The number of hydrogen-bond donors (Lipinski definition) is 1. The van der Waals surface area contributed by atoms with Gasteiger partial charge in [0, 0.05) is 26.1 Å². The van der Waals surface area contributed by atoms with Gasteiger partial charge in [-0.1, -0.05) is 6.92 Å². The van der Waals surface area contributed by atoms with Crippen molar-refractivity contribution in [2.75, 3.05) is 13.6 Å². The van der Waals surface area contributed by atoms with Crippen LogP contribution in [-0.2, 0) is 6.42 Å². The predicted molar refractivity (Wildman–Crippen MR) is 58.7 cm³/mol. The van der Waals surface area contributed by atoms with Gasteiger partial charge in [0.1, 0.15) is 5.76 Å². The average molecular weight is 210 g/mol. The Kier molecular flexibility index (Phi) is 3.91. The SMILES string of the molecule is CCc1occc1C(=O)N(C)CC(C)N.